The highest BCUT2D eigenvalue weighted by Crippen LogP contribution is 2.27. The van der Waals surface area contributed by atoms with Gasteiger partial charge in [-0.15, -0.1) is 0 Å². The number of para-hydroxylation sites is 1. The first kappa shape index (κ1) is 17.4. The van der Waals surface area contributed by atoms with Crippen LogP contribution in [0.5, 0.6) is 0 Å². The first-order valence-corrected chi connectivity index (χ1v) is 8.22. The highest BCUT2D eigenvalue weighted by molar-refractivity contribution is 6.06. The van der Waals surface area contributed by atoms with Crippen LogP contribution >= 0.6 is 0 Å². The lowest BCUT2D eigenvalue weighted by Crippen LogP contribution is -2.19. The Bertz CT molecular complexity index is 1130. The highest BCUT2D eigenvalue weighted by atomic mass is 16.2. The van der Waals surface area contributed by atoms with Gasteiger partial charge >= 0.3 is 5.69 Å². The largest absolute Gasteiger partial charge is 0.382 e. The molecule has 0 saturated carbocycles. The average Bonchev–Trinajstić information content (AvgIpc) is 2.99. The molecule has 4 aromatic rings. The number of nitrogens with two attached hydrogens (primary N) is 1. The molecule has 3 heterocycles. The van der Waals surface area contributed by atoms with Crippen LogP contribution in [0.25, 0.3) is 21.9 Å². The number of aromatic nitrogens is 5. The van der Waals surface area contributed by atoms with E-state index in [-0.39, 0.29) is 5.56 Å². The van der Waals surface area contributed by atoms with Crippen molar-refractivity contribution < 1.29 is 0 Å². The molecule has 0 aliphatic heterocycles. The zero-order chi connectivity index (χ0) is 18.7. The molecular formula is C18H20N6O2. The Kier molecular flexibility index (Phi) is 4.83. The molecule has 0 aliphatic carbocycles. The molecule has 0 amide bonds. The number of fused-ring (bicyclic) bond motifs is 3. The molecule has 0 unspecified atom stereocenters. The fourth-order valence-electron chi connectivity index (χ4n) is 2.72. The molecule has 0 spiro atoms. The molecule has 8 heteroatoms. The summed E-state index contributed by atoms with van der Waals surface area (Å²) in [4.78, 5) is 33.5. The lowest BCUT2D eigenvalue weighted by Gasteiger charge is -2.09. The zero-order valence-electron chi connectivity index (χ0n) is 14.6. The number of benzene rings is 1. The number of aromatic amines is 2. The molecule has 0 bridgehead atoms. The van der Waals surface area contributed by atoms with E-state index in [4.69, 9.17) is 5.73 Å². The molecule has 1 aromatic carbocycles. The maximum atomic E-state index is 10.2. The SMILES string of the molecule is CC(C)Cn1cnc2c(N)nc3ccccc3c21.O=c1cc[nH]c(=O)[nH]1. The van der Waals surface area contributed by atoms with Crippen molar-refractivity contribution in [3.05, 3.63) is 63.7 Å². The van der Waals surface area contributed by atoms with Crippen molar-refractivity contribution in [2.45, 2.75) is 20.4 Å². The Morgan fingerprint density at radius 2 is 1.96 bits per heavy atom. The van der Waals surface area contributed by atoms with Crippen molar-refractivity contribution >= 4 is 27.8 Å². The summed E-state index contributed by atoms with van der Waals surface area (Å²) in [6.07, 6.45) is 3.15. The lowest BCUT2D eigenvalue weighted by molar-refractivity contribution is 0.533. The summed E-state index contributed by atoms with van der Waals surface area (Å²) in [7, 11) is 0. The van der Waals surface area contributed by atoms with Gasteiger partial charge in [-0.25, -0.2) is 14.8 Å². The van der Waals surface area contributed by atoms with E-state index in [1.165, 1.54) is 12.3 Å². The summed E-state index contributed by atoms with van der Waals surface area (Å²) in [6, 6.07) is 9.29. The van der Waals surface area contributed by atoms with Crippen molar-refractivity contribution in [2.24, 2.45) is 5.92 Å². The molecular weight excluding hydrogens is 332 g/mol. The van der Waals surface area contributed by atoms with E-state index in [2.05, 4.69) is 39.4 Å². The Labute approximate surface area is 148 Å². The van der Waals surface area contributed by atoms with Crippen LogP contribution < -0.4 is 17.0 Å². The van der Waals surface area contributed by atoms with E-state index in [0.29, 0.717) is 11.7 Å². The van der Waals surface area contributed by atoms with Crippen molar-refractivity contribution in [2.75, 3.05) is 5.73 Å². The molecule has 4 rings (SSSR count). The van der Waals surface area contributed by atoms with E-state index < -0.39 is 5.69 Å². The molecule has 0 aliphatic rings. The summed E-state index contributed by atoms with van der Waals surface area (Å²) in [5, 5.41) is 1.11. The van der Waals surface area contributed by atoms with Crippen LogP contribution in [0.3, 0.4) is 0 Å². The summed E-state index contributed by atoms with van der Waals surface area (Å²) >= 11 is 0. The van der Waals surface area contributed by atoms with Gasteiger partial charge in [0.05, 0.1) is 17.4 Å². The standard InChI is InChI=1S/C14H16N4.C4H4N2O2/c1-9(2)7-18-8-16-12-13(18)10-5-3-4-6-11(10)17-14(12)15;7-3-1-2-5-4(8)6-3/h3-6,8-9H,7H2,1-2H3,(H2,15,17);1-2H,(H2,5,6,7,8). The van der Waals surface area contributed by atoms with Crippen LogP contribution in [-0.4, -0.2) is 24.5 Å². The van der Waals surface area contributed by atoms with E-state index in [1.54, 1.807) is 0 Å². The van der Waals surface area contributed by atoms with Crippen LogP contribution in [0.4, 0.5) is 5.82 Å². The van der Waals surface area contributed by atoms with Crippen molar-refractivity contribution in [1.82, 2.24) is 24.5 Å². The third kappa shape index (κ3) is 3.64. The zero-order valence-corrected chi connectivity index (χ0v) is 14.6. The van der Waals surface area contributed by atoms with Crippen LogP contribution in [-0.2, 0) is 6.54 Å². The minimum absolute atomic E-state index is 0.381. The van der Waals surface area contributed by atoms with E-state index in [1.807, 2.05) is 29.5 Å². The molecule has 26 heavy (non-hydrogen) atoms. The third-order valence-electron chi connectivity index (χ3n) is 3.73. The van der Waals surface area contributed by atoms with Crippen molar-refractivity contribution in [1.29, 1.82) is 0 Å². The Balaban J connectivity index is 0.000000206. The number of H-pyrrole nitrogens is 2. The van der Waals surface area contributed by atoms with Crippen LogP contribution in [0, 0.1) is 5.92 Å². The second kappa shape index (κ2) is 7.22. The van der Waals surface area contributed by atoms with Gasteiger partial charge < -0.3 is 15.3 Å². The molecule has 134 valence electrons. The predicted octanol–water partition coefficient (Wildman–Crippen LogP) is 1.89. The smallest absolute Gasteiger partial charge is 0.325 e. The number of nitrogen functional groups attached to an aromatic ring is 1. The van der Waals surface area contributed by atoms with E-state index in [0.717, 1.165) is 28.5 Å². The van der Waals surface area contributed by atoms with Gasteiger partial charge in [0.2, 0.25) is 0 Å². The molecule has 0 atom stereocenters. The normalized spacial score (nSPS) is 10.9. The maximum Gasteiger partial charge on any atom is 0.325 e. The quantitative estimate of drug-likeness (QED) is 0.508. The van der Waals surface area contributed by atoms with Crippen molar-refractivity contribution in [3.8, 4) is 0 Å². The van der Waals surface area contributed by atoms with Gasteiger partial charge in [0, 0.05) is 24.2 Å². The second-order valence-electron chi connectivity index (χ2n) is 6.30. The summed E-state index contributed by atoms with van der Waals surface area (Å²) in [6.45, 7) is 5.32. The molecule has 8 nitrogen and oxygen atoms in total. The minimum atomic E-state index is -0.475. The first-order valence-electron chi connectivity index (χ1n) is 8.22. The Hall–Kier alpha value is -3.42. The number of rotatable bonds is 2. The molecule has 4 N–H and O–H groups in total. The number of hydrogen-bond donors (Lipinski definition) is 3. The Morgan fingerprint density at radius 1 is 1.19 bits per heavy atom. The van der Waals surface area contributed by atoms with Gasteiger partial charge in [0.25, 0.3) is 5.56 Å². The van der Waals surface area contributed by atoms with Gasteiger partial charge in [-0.2, -0.15) is 0 Å². The highest BCUT2D eigenvalue weighted by Gasteiger charge is 2.12. The summed E-state index contributed by atoms with van der Waals surface area (Å²) in [5.74, 6) is 1.07. The van der Waals surface area contributed by atoms with Crippen LogP contribution in [0.1, 0.15) is 13.8 Å². The molecule has 0 saturated heterocycles. The molecule has 3 aromatic heterocycles. The number of hydrogen-bond acceptors (Lipinski definition) is 5. The fraction of sp³-hybridized carbons (Fsp3) is 0.222. The van der Waals surface area contributed by atoms with Gasteiger partial charge in [0.1, 0.15) is 5.52 Å². The van der Waals surface area contributed by atoms with Gasteiger partial charge in [-0.1, -0.05) is 32.0 Å². The molecule has 0 radical (unpaired) electrons. The number of imidazole rings is 1. The van der Waals surface area contributed by atoms with Gasteiger partial charge in [-0.3, -0.25) is 9.78 Å². The first-order chi connectivity index (χ1) is 12.5. The van der Waals surface area contributed by atoms with Gasteiger partial charge in [-0.05, 0) is 12.0 Å². The van der Waals surface area contributed by atoms with E-state index in [9.17, 15) is 9.59 Å². The lowest BCUT2D eigenvalue weighted by atomic mass is 10.1. The predicted molar refractivity (Wildman–Crippen MR) is 102 cm³/mol. The number of anilines is 1. The Morgan fingerprint density at radius 3 is 2.62 bits per heavy atom. The number of pyridine rings is 1. The van der Waals surface area contributed by atoms with Gasteiger partial charge in [0.15, 0.2) is 5.82 Å². The van der Waals surface area contributed by atoms with Crippen molar-refractivity contribution in [3.63, 3.8) is 0 Å². The van der Waals surface area contributed by atoms with Crippen LogP contribution in [0.15, 0.2) is 52.4 Å². The maximum absolute atomic E-state index is 10.2. The summed E-state index contributed by atoms with van der Waals surface area (Å²) in [5.41, 5.74) is 7.94. The average molecular weight is 352 g/mol. The van der Waals surface area contributed by atoms with E-state index >= 15 is 0 Å². The number of nitrogens with zero attached hydrogens (tertiary/aromatic N) is 3. The second-order valence-corrected chi connectivity index (χ2v) is 6.30. The minimum Gasteiger partial charge on any atom is -0.382 e. The fourth-order valence-corrected chi connectivity index (χ4v) is 2.72. The third-order valence-corrected chi connectivity index (χ3v) is 3.73. The summed E-state index contributed by atoms with van der Waals surface area (Å²) < 4.78 is 2.17. The topological polar surface area (TPSA) is 122 Å². The number of nitrogens with one attached hydrogen (secondary N) is 2. The monoisotopic (exact) mass is 352 g/mol. The molecule has 0 fully saturated rings. The van der Waals surface area contributed by atoms with Crippen LogP contribution in [0.2, 0.25) is 0 Å².